The van der Waals surface area contributed by atoms with Crippen molar-refractivity contribution < 1.29 is 0 Å². The fourth-order valence-electron chi connectivity index (χ4n) is 4.46. The molecule has 3 atom stereocenters. The first kappa shape index (κ1) is 13.1. The number of halogens is 1. The topological polar surface area (TPSA) is 12.0 Å². The van der Waals surface area contributed by atoms with E-state index in [-0.39, 0.29) is 0 Å². The maximum atomic E-state index is 3.87. The van der Waals surface area contributed by atoms with Gasteiger partial charge in [-0.25, -0.2) is 0 Å². The van der Waals surface area contributed by atoms with Gasteiger partial charge in [-0.1, -0.05) is 20.8 Å². The van der Waals surface area contributed by atoms with Crippen molar-refractivity contribution in [3.05, 3.63) is 20.8 Å². The van der Waals surface area contributed by atoms with Gasteiger partial charge in [0.1, 0.15) is 0 Å². The Morgan fingerprint density at radius 2 is 2.22 bits per heavy atom. The fraction of sp³-hybridized carbons (Fsp3) is 0.733. The van der Waals surface area contributed by atoms with Crippen LogP contribution in [0.2, 0.25) is 0 Å². The summed E-state index contributed by atoms with van der Waals surface area (Å²) >= 11 is 5.47. The average molecular weight is 328 g/mol. The predicted octanol–water partition coefficient (Wildman–Crippen LogP) is 4.82. The molecule has 0 saturated heterocycles. The third kappa shape index (κ3) is 1.90. The molecule has 0 aliphatic heterocycles. The van der Waals surface area contributed by atoms with Gasteiger partial charge < -0.3 is 5.32 Å². The van der Waals surface area contributed by atoms with E-state index in [2.05, 4.69) is 53.5 Å². The molecule has 1 aromatic heterocycles. The summed E-state index contributed by atoms with van der Waals surface area (Å²) in [6.07, 6.45) is 4.26. The third-order valence-electron chi connectivity index (χ3n) is 5.43. The zero-order chi connectivity index (χ0) is 13.0. The molecule has 0 amide bonds. The van der Waals surface area contributed by atoms with E-state index in [1.54, 1.807) is 0 Å². The smallest absolute Gasteiger partial charge is 0.0327 e. The minimum Gasteiger partial charge on any atom is -0.308 e. The maximum Gasteiger partial charge on any atom is 0.0327 e. The summed E-state index contributed by atoms with van der Waals surface area (Å²) in [6.45, 7) is 8.42. The first-order valence-electron chi connectivity index (χ1n) is 6.89. The molecule has 1 heterocycles. The van der Waals surface area contributed by atoms with E-state index in [4.69, 9.17) is 0 Å². The van der Waals surface area contributed by atoms with Crippen molar-refractivity contribution in [3.63, 3.8) is 0 Å². The van der Waals surface area contributed by atoms with Crippen molar-refractivity contribution in [2.75, 3.05) is 0 Å². The molecule has 2 aliphatic rings. The van der Waals surface area contributed by atoms with Gasteiger partial charge in [-0.05, 0) is 63.4 Å². The molecule has 3 heteroatoms. The molecule has 0 radical (unpaired) electrons. The van der Waals surface area contributed by atoms with Crippen LogP contribution in [0.15, 0.2) is 15.9 Å². The molecule has 1 N–H and O–H groups in total. The van der Waals surface area contributed by atoms with Crippen molar-refractivity contribution in [2.45, 2.75) is 52.6 Å². The molecule has 1 aromatic rings. The molecule has 2 aliphatic carbocycles. The normalized spacial score (nSPS) is 37.3. The second-order valence-electron chi connectivity index (χ2n) is 6.92. The number of nitrogens with one attached hydrogen (secondary N) is 1. The molecule has 18 heavy (non-hydrogen) atoms. The van der Waals surface area contributed by atoms with Crippen LogP contribution in [-0.4, -0.2) is 6.04 Å². The van der Waals surface area contributed by atoms with E-state index in [0.29, 0.717) is 16.9 Å². The Kier molecular flexibility index (Phi) is 3.15. The van der Waals surface area contributed by atoms with Gasteiger partial charge in [0.05, 0.1) is 0 Å². The molecule has 2 fully saturated rings. The summed E-state index contributed by atoms with van der Waals surface area (Å²) in [7, 11) is 0. The van der Waals surface area contributed by atoms with E-state index in [9.17, 15) is 0 Å². The van der Waals surface area contributed by atoms with Gasteiger partial charge in [-0.2, -0.15) is 0 Å². The summed E-state index contributed by atoms with van der Waals surface area (Å²) in [5.74, 6) is 0.923. The van der Waals surface area contributed by atoms with Crippen LogP contribution in [0.4, 0.5) is 0 Å². The molecular formula is C15H22BrNS. The second-order valence-corrected chi connectivity index (χ2v) is 8.78. The number of fused-ring (bicyclic) bond motifs is 2. The van der Waals surface area contributed by atoms with Crippen LogP contribution in [0.25, 0.3) is 0 Å². The highest BCUT2D eigenvalue weighted by atomic mass is 79.9. The van der Waals surface area contributed by atoms with E-state index in [1.165, 1.54) is 28.6 Å². The van der Waals surface area contributed by atoms with E-state index in [1.807, 2.05) is 11.3 Å². The average Bonchev–Trinajstić information content (AvgIpc) is 2.90. The van der Waals surface area contributed by atoms with Crippen molar-refractivity contribution in [1.29, 1.82) is 0 Å². The lowest BCUT2D eigenvalue weighted by molar-refractivity contribution is 0.108. The largest absolute Gasteiger partial charge is 0.308 e. The summed E-state index contributed by atoms with van der Waals surface area (Å²) in [6, 6.07) is 2.81. The van der Waals surface area contributed by atoms with Crippen LogP contribution < -0.4 is 5.32 Å². The SMILES string of the molecule is CC12CCC(C1)C(C)(C)C2NCc1sccc1Br. The van der Waals surface area contributed by atoms with Gasteiger partial charge in [0.25, 0.3) is 0 Å². The number of hydrogen-bond donors (Lipinski definition) is 1. The molecule has 3 rings (SSSR count). The van der Waals surface area contributed by atoms with Gasteiger partial charge in [-0.3, -0.25) is 0 Å². The van der Waals surface area contributed by atoms with Crippen LogP contribution in [0.3, 0.4) is 0 Å². The lowest BCUT2D eigenvalue weighted by atomic mass is 9.68. The third-order valence-corrected chi connectivity index (χ3v) is 7.35. The summed E-state index contributed by atoms with van der Waals surface area (Å²) in [5.41, 5.74) is 0.981. The Hall–Kier alpha value is 0.140. The summed E-state index contributed by atoms with van der Waals surface area (Å²) < 4.78 is 1.26. The van der Waals surface area contributed by atoms with Crippen molar-refractivity contribution in [1.82, 2.24) is 5.32 Å². The van der Waals surface area contributed by atoms with Crippen LogP contribution in [0.5, 0.6) is 0 Å². The van der Waals surface area contributed by atoms with E-state index in [0.717, 1.165) is 12.5 Å². The number of hydrogen-bond acceptors (Lipinski definition) is 2. The maximum absolute atomic E-state index is 3.87. The Balaban J connectivity index is 1.74. The van der Waals surface area contributed by atoms with E-state index >= 15 is 0 Å². The summed E-state index contributed by atoms with van der Waals surface area (Å²) in [4.78, 5) is 1.43. The monoisotopic (exact) mass is 327 g/mol. The molecule has 100 valence electrons. The highest BCUT2D eigenvalue weighted by Gasteiger charge is 2.58. The van der Waals surface area contributed by atoms with Gasteiger partial charge in [-0.15, -0.1) is 11.3 Å². The van der Waals surface area contributed by atoms with Crippen LogP contribution in [0.1, 0.15) is 44.9 Å². The molecule has 3 unspecified atom stereocenters. The van der Waals surface area contributed by atoms with Crippen LogP contribution in [-0.2, 0) is 6.54 Å². The molecular weight excluding hydrogens is 306 g/mol. The lowest BCUT2D eigenvalue weighted by Crippen LogP contribution is -2.49. The Morgan fingerprint density at radius 3 is 2.78 bits per heavy atom. The lowest BCUT2D eigenvalue weighted by Gasteiger charge is -2.43. The highest BCUT2D eigenvalue weighted by molar-refractivity contribution is 9.10. The van der Waals surface area contributed by atoms with Gasteiger partial charge in [0, 0.05) is 21.9 Å². The van der Waals surface area contributed by atoms with E-state index < -0.39 is 0 Å². The van der Waals surface area contributed by atoms with Crippen LogP contribution >= 0.6 is 27.3 Å². The zero-order valence-corrected chi connectivity index (χ0v) is 13.8. The standard InChI is InChI=1S/C15H22BrNS/c1-14(2)10-4-6-15(3,8-10)13(14)17-9-12-11(16)5-7-18-12/h5,7,10,13,17H,4,6,8-9H2,1-3H3. The molecule has 2 saturated carbocycles. The highest BCUT2D eigenvalue weighted by Crippen LogP contribution is 2.62. The second kappa shape index (κ2) is 4.32. The molecule has 2 bridgehead atoms. The minimum atomic E-state index is 0.455. The minimum absolute atomic E-state index is 0.455. The quantitative estimate of drug-likeness (QED) is 0.839. The van der Waals surface area contributed by atoms with Gasteiger partial charge in [0.15, 0.2) is 0 Å². The van der Waals surface area contributed by atoms with Crippen molar-refractivity contribution in [3.8, 4) is 0 Å². The Morgan fingerprint density at radius 1 is 1.44 bits per heavy atom. The number of thiophene rings is 1. The molecule has 0 spiro atoms. The van der Waals surface area contributed by atoms with Crippen molar-refractivity contribution >= 4 is 27.3 Å². The van der Waals surface area contributed by atoms with Gasteiger partial charge >= 0.3 is 0 Å². The fourth-order valence-corrected chi connectivity index (χ4v) is 5.90. The van der Waals surface area contributed by atoms with Crippen LogP contribution in [0, 0.1) is 16.7 Å². The Bertz CT molecular complexity index is 448. The molecule has 0 aromatic carbocycles. The Labute approximate surface area is 122 Å². The first-order chi connectivity index (χ1) is 8.43. The number of rotatable bonds is 3. The van der Waals surface area contributed by atoms with Crippen molar-refractivity contribution in [2.24, 2.45) is 16.7 Å². The van der Waals surface area contributed by atoms with Gasteiger partial charge in [0.2, 0.25) is 0 Å². The zero-order valence-electron chi connectivity index (χ0n) is 11.4. The summed E-state index contributed by atoms with van der Waals surface area (Å²) in [5, 5.41) is 6.03. The molecule has 1 nitrogen and oxygen atoms in total. The predicted molar refractivity (Wildman–Crippen MR) is 81.9 cm³/mol. The first-order valence-corrected chi connectivity index (χ1v) is 8.56.